The van der Waals surface area contributed by atoms with E-state index in [9.17, 15) is 14.9 Å². The number of thiophene rings is 1. The van der Waals surface area contributed by atoms with Crippen LogP contribution < -0.4 is 4.74 Å². The molecule has 0 fully saturated rings. The third kappa shape index (κ3) is 2.89. The fraction of sp³-hybridized carbons (Fsp3) is 0.0833. The molecule has 0 bridgehead atoms. The summed E-state index contributed by atoms with van der Waals surface area (Å²) in [5.74, 6) is -0.167. The van der Waals surface area contributed by atoms with E-state index in [0.717, 1.165) is 17.4 Å². The van der Waals surface area contributed by atoms with E-state index in [4.69, 9.17) is 4.74 Å². The number of benzene rings is 1. The summed E-state index contributed by atoms with van der Waals surface area (Å²) >= 11 is 0.877. The van der Waals surface area contributed by atoms with Gasteiger partial charge in [-0.05, 0) is 12.1 Å². The molecule has 0 saturated carbocycles. The van der Waals surface area contributed by atoms with Gasteiger partial charge in [-0.25, -0.2) is 4.79 Å². The Morgan fingerprint density at radius 1 is 1.32 bits per heavy atom. The van der Waals surface area contributed by atoms with E-state index >= 15 is 0 Å². The van der Waals surface area contributed by atoms with Crippen molar-refractivity contribution in [3.05, 3.63) is 51.4 Å². The fourth-order valence-electron chi connectivity index (χ4n) is 1.36. The minimum atomic E-state index is -0.629. The molecule has 98 valence electrons. The maximum absolute atomic E-state index is 11.4. The van der Waals surface area contributed by atoms with E-state index in [2.05, 4.69) is 4.74 Å². The third-order valence-electron chi connectivity index (χ3n) is 2.22. The summed E-state index contributed by atoms with van der Waals surface area (Å²) in [6.07, 6.45) is 0. The van der Waals surface area contributed by atoms with Gasteiger partial charge in [0.25, 0.3) is 5.06 Å². The van der Waals surface area contributed by atoms with Gasteiger partial charge in [-0.15, -0.1) is 0 Å². The number of nitrogens with zero attached hydrogens (tertiary/aromatic N) is 1. The molecule has 0 atom stereocenters. The monoisotopic (exact) mass is 279 g/mol. The number of carbonyl (C=O) groups excluding carboxylic acids is 1. The smallest absolute Gasteiger partial charge is 0.348 e. The van der Waals surface area contributed by atoms with Gasteiger partial charge in [0.1, 0.15) is 10.6 Å². The Labute approximate surface area is 112 Å². The van der Waals surface area contributed by atoms with Gasteiger partial charge in [-0.3, -0.25) is 10.1 Å². The Kier molecular flexibility index (Phi) is 3.76. The summed E-state index contributed by atoms with van der Waals surface area (Å²) in [5, 5.41) is 11.0. The SMILES string of the molecule is COC(=O)c1cc([N+](=O)[O-])c(Oc2ccccc2)s1. The normalized spacial score (nSPS) is 9.95. The highest BCUT2D eigenvalue weighted by Crippen LogP contribution is 2.39. The number of esters is 1. The average Bonchev–Trinajstić information content (AvgIpc) is 2.83. The van der Waals surface area contributed by atoms with Gasteiger partial charge in [0.15, 0.2) is 0 Å². The summed E-state index contributed by atoms with van der Waals surface area (Å²) in [4.78, 5) is 21.8. The van der Waals surface area contributed by atoms with Crippen LogP contribution in [0, 0.1) is 10.1 Å². The predicted molar refractivity (Wildman–Crippen MR) is 68.8 cm³/mol. The van der Waals surface area contributed by atoms with E-state index in [-0.39, 0.29) is 15.6 Å². The standard InChI is InChI=1S/C12H9NO5S/c1-17-11(14)10-7-9(13(15)16)12(19-10)18-8-5-3-2-4-6-8/h2-7H,1H3. The van der Waals surface area contributed by atoms with Crippen LogP contribution in [0.15, 0.2) is 36.4 Å². The number of methoxy groups -OCH3 is 1. The van der Waals surface area contributed by atoms with E-state index in [0.29, 0.717) is 5.75 Å². The van der Waals surface area contributed by atoms with Gasteiger partial charge in [-0.1, -0.05) is 29.5 Å². The lowest BCUT2D eigenvalue weighted by Gasteiger charge is -2.01. The lowest BCUT2D eigenvalue weighted by atomic mass is 10.3. The molecule has 1 heterocycles. The van der Waals surface area contributed by atoms with Crippen molar-refractivity contribution >= 4 is 23.0 Å². The van der Waals surface area contributed by atoms with Crippen LogP contribution >= 0.6 is 11.3 Å². The molecule has 2 rings (SSSR count). The highest BCUT2D eigenvalue weighted by molar-refractivity contribution is 7.16. The van der Waals surface area contributed by atoms with Crippen molar-refractivity contribution < 1.29 is 19.2 Å². The molecule has 1 aromatic carbocycles. The van der Waals surface area contributed by atoms with E-state index < -0.39 is 10.9 Å². The molecule has 0 amide bonds. The number of carbonyl (C=O) groups is 1. The van der Waals surface area contributed by atoms with Crippen LogP contribution in [0.3, 0.4) is 0 Å². The first kappa shape index (κ1) is 13.0. The Bertz CT molecular complexity index is 608. The van der Waals surface area contributed by atoms with Gasteiger partial charge in [0, 0.05) is 6.07 Å². The molecule has 7 heteroatoms. The summed E-state index contributed by atoms with van der Waals surface area (Å²) in [6, 6.07) is 9.78. The molecule has 0 N–H and O–H groups in total. The molecule has 19 heavy (non-hydrogen) atoms. The molecule has 0 saturated heterocycles. The van der Waals surface area contributed by atoms with Crippen LogP contribution in [0.5, 0.6) is 10.8 Å². The number of para-hydroxylation sites is 1. The van der Waals surface area contributed by atoms with Gasteiger partial charge in [-0.2, -0.15) is 0 Å². The molecule has 2 aromatic rings. The van der Waals surface area contributed by atoms with Crippen LogP contribution in [-0.4, -0.2) is 18.0 Å². The Hall–Kier alpha value is -2.41. The average molecular weight is 279 g/mol. The zero-order chi connectivity index (χ0) is 13.8. The molecule has 0 aliphatic rings. The molecule has 0 radical (unpaired) electrons. The second-order valence-electron chi connectivity index (χ2n) is 3.45. The minimum absolute atomic E-state index is 0.0524. The fourth-order valence-corrected chi connectivity index (χ4v) is 2.27. The van der Waals surface area contributed by atoms with Crippen LogP contribution in [0.25, 0.3) is 0 Å². The van der Waals surface area contributed by atoms with Gasteiger partial charge in [0.05, 0.1) is 12.0 Å². The van der Waals surface area contributed by atoms with E-state index in [1.807, 2.05) is 0 Å². The molecule has 0 aliphatic carbocycles. The maximum atomic E-state index is 11.4. The molecule has 6 nitrogen and oxygen atoms in total. The highest BCUT2D eigenvalue weighted by atomic mass is 32.1. The first-order valence-electron chi connectivity index (χ1n) is 5.21. The van der Waals surface area contributed by atoms with Gasteiger partial charge >= 0.3 is 11.7 Å². The summed E-state index contributed by atoms with van der Waals surface area (Å²) in [5.41, 5.74) is -0.255. The second kappa shape index (κ2) is 5.49. The Balaban J connectivity index is 2.36. The minimum Gasteiger partial charge on any atom is -0.465 e. The summed E-state index contributed by atoms with van der Waals surface area (Å²) in [7, 11) is 1.21. The van der Waals surface area contributed by atoms with Crippen molar-refractivity contribution in [1.29, 1.82) is 0 Å². The summed E-state index contributed by atoms with van der Waals surface area (Å²) < 4.78 is 9.94. The first-order chi connectivity index (χ1) is 9.11. The van der Waals surface area contributed by atoms with Crippen LogP contribution in [-0.2, 0) is 4.74 Å². The largest absolute Gasteiger partial charge is 0.465 e. The molecule has 0 spiro atoms. The predicted octanol–water partition coefficient (Wildman–Crippen LogP) is 3.24. The van der Waals surface area contributed by atoms with Crippen molar-refractivity contribution in [1.82, 2.24) is 0 Å². The van der Waals surface area contributed by atoms with Crippen LogP contribution in [0.4, 0.5) is 5.69 Å². The zero-order valence-corrected chi connectivity index (χ0v) is 10.7. The molecule has 1 aromatic heterocycles. The number of hydrogen-bond acceptors (Lipinski definition) is 6. The van der Waals surface area contributed by atoms with Crippen molar-refractivity contribution in [3.8, 4) is 10.8 Å². The van der Waals surface area contributed by atoms with Crippen molar-refractivity contribution in [2.45, 2.75) is 0 Å². The summed E-state index contributed by atoms with van der Waals surface area (Å²) in [6.45, 7) is 0. The maximum Gasteiger partial charge on any atom is 0.348 e. The zero-order valence-electron chi connectivity index (χ0n) is 9.86. The van der Waals surface area contributed by atoms with Crippen molar-refractivity contribution in [3.63, 3.8) is 0 Å². The third-order valence-corrected chi connectivity index (χ3v) is 3.20. The lowest BCUT2D eigenvalue weighted by Crippen LogP contribution is -1.97. The van der Waals surface area contributed by atoms with E-state index in [1.54, 1.807) is 30.3 Å². The van der Waals surface area contributed by atoms with Crippen molar-refractivity contribution in [2.24, 2.45) is 0 Å². The molecular formula is C12H9NO5S. The van der Waals surface area contributed by atoms with Gasteiger partial charge < -0.3 is 9.47 Å². The van der Waals surface area contributed by atoms with Crippen LogP contribution in [0.2, 0.25) is 0 Å². The Morgan fingerprint density at radius 3 is 2.58 bits per heavy atom. The number of nitro groups is 1. The Morgan fingerprint density at radius 2 is 2.00 bits per heavy atom. The molecule has 0 aliphatic heterocycles. The molecular weight excluding hydrogens is 270 g/mol. The second-order valence-corrected chi connectivity index (χ2v) is 4.46. The number of hydrogen-bond donors (Lipinski definition) is 0. The topological polar surface area (TPSA) is 78.7 Å². The quantitative estimate of drug-likeness (QED) is 0.487. The first-order valence-corrected chi connectivity index (χ1v) is 6.03. The van der Waals surface area contributed by atoms with Gasteiger partial charge in [0.2, 0.25) is 0 Å². The van der Waals surface area contributed by atoms with Crippen molar-refractivity contribution in [2.75, 3.05) is 7.11 Å². The van der Waals surface area contributed by atoms with E-state index in [1.165, 1.54) is 7.11 Å². The molecule has 0 unspecified atom stereocenters. The van der Waals surface area contributed by atoms with Crippen LogP contribution in [0.1, 0.15) is 9.67 Å². The lowest BCUT2D eigenvalue weighted by molar-refractivity contribution is -0.385. The number of ether oxygens (including phenoxy) is 2. The number of rotatable bonds is 4. The highest BCUT2D eigenvalue weighted by Gasteiger charge is 2.24.